The summed E-state index contributed by atoms with van der Waals surface area (Å²) >= 11 is 0. The highest BCUT2D eigenvalue weighted by atomic mass is 16.6. The molecule has 0 aromatic carbocycles. The molecule has 0 radical (unpaired) electrons. The fourth-order valence-electron chi connectivity index (χ4n) is 10.0. The molecule has 6 heteroatoms. The van der Waals surface area contributed by atoms with Crippen molar-refractivity contribution in [3.05, 3.63) is 97.2 Å². The van der Waals surface area contributed by atoms with E-state index in [1.807, 2.05) is 0 Å². The van der Waals surface area contributed by atoms with Crippen LogP contribution in [0.3, 0.4) is 0 Å². The van der Waals surface area contributed by atoms with E-state index >= 15 is 0 Å². The lowest BCUT2D eigenvalue weighted by Gasteiger charge is -2.18. The summed E-state index contributed by atoms with van der Waals surface area (Å²) in [5, 5.41) is 0. The lowest BCUT2D eigenvalue weighted by atomic mass is 10.0. The number of esters is 3. The van der Waals surface area contributed by atoms with Crippen LogP contribution in [0.5, 0.6) is 0 Å². The molecule has 0 rings (SSSR count). The predicted octanol–water partition coefficient (Wildman–Crippen LogP) is 24.4. The Morgan fingerprint density at radius 2 is 0.500 bits per heavy atom. The number of rotatable bonds is 64. The first-order valence-electron chi connectivity index (χ1n) is 35.2. The standard InChI is InChI=1S/C76H132O6/c1-4-7-10-13-16-19-22-24-26-28-30-32-34-35-36-37-38-39-40-41-43-44-46-48-50-52-54-57-60-63-66-69-75(78)81-72-73(71-80-74(77)68-65-62-59-56-21-18-15-12-9-6-3)82-76(79)70-67-64-61-58-55-53-51-49-47-45-42-33-31-29-27-25-23-20-17-14-11-8-5-2/h8,11-12,15,17,20,22,24-25,27-28,30-31,33-35,73H,4-7,9-10,13-14,16,18-19,21,23,26,29,32,36-72H2,1-3H3/b11-8-,15-12-,20-17-,24-22-,27-25-,30-28-,33-31-,35-34-. The lowest BCUT2D eigenvalue weighted by molar-refractivity contribution is -0.167. The molecule has 0 N–H and O–H groups in total. The molecule has 0 fully saturated rings. The maximum atomic E-state index is 12.9. The van der Waals surface area contributed by atoms with Crippen LogP contribution in [-0.2, 0) is 28.6 Å². The van der Waals surface area contributed by atoms with E-state index in [0.29, 0.717) is 19.3 Å². The van der Waals surface area contributed by atoms with Crippen molar-refractivity contribution in [3.63, 3.8) is 0 Å². The molecule has 0 aliphatic carbocycles. The van der Waals surface area contributed by atoms with Crippen molar-refractivity contribution in [2.75, 3.05) is 13.2 Å². The first-order chi connectivity index (χ1) is 40.5. The van der Waals surface area contributed by atoms with Crippen molar-refractivity contribution >= 4 is 17.9 Å². The minimum Gasteiger partial charge on any atom is -0.462 e. The monoisotopic (exact) mass is 1140 g/mol. The molecular weight excluding hydrogens is 1010 g/mol. The summed E-state index contributed by atoms with van der Waals surface area (Å²) in [5.74, 6) is -0.882. The van der Waals surface area contributed by atoms with Gasteiger partial charge < -0.3 is 14.2 Å². The van der Waals surface area contributed by atoms with Crippen molar-refractivity contribution in [2.24, 2.45) is 0 Å². The minimum atomic E-state index is -0.784. The third-order valence-corrected chi connectivity index (χ3v) is 15.3. The van der Waals surface area contributed by atoms with E-state index in [4.69, 9.17) is 14.2 Å². The fraction of sp³-hybridized carbons (Fsp3) is 0.750. The molecule has 472 valence electrons. The average Bonchev–Trinajstić information content (AvgIpc) is 3.47. The zero-order valence-electron chi connectivity index (χ0n) is 54.2. The number of carbonyl (C=O) groups is 3. The number of unbranched alkanes of at least 4 members (excludes halogenated alkanes) is 37. The van der Waals surface area contributed by atoms with Gasteiger partial charge in [-0.1, -0.05) is 311 Å². The summed E-state index contributed by atoms with van der Waals surface area (Å²) in [7, 11) is 0. The Balaban J connectivity index is 4.16. The van der Waals surface area contributed by atoms with Gasteiger partial charge in [-0.15, -0.1) is 0 Å². The second-order valence-corrected chi connectivity index (χ2v) is 23.4. The Labute approximate surface area is 508 Å². The Hall–Kier alpha value is -3.67. The third kappa shape index (κ3) is 67.1. The molecule has 0 saturated heterocycles. The minimum absolute atomic E-state index is 0.0796. The maximum absolute atomic E-state index is 12.9. The third-order valence-electron chi connectivity index (χ3n) is 15.3. The van der Waals surface area contributed by atoms with Gasteiger partial charge >= 0.3 is 17.9 Å². The van der Waals surface area contributed by atoms with Gasteiger partial charge in [0.25, 0.3) is 0 Å². The van der Waals surface area contributed by atoms with Gasteiger partial charge in [-0.2, -0.15) is 0 Å². The van der Waals surface area contributed by atoms with Gasteiger partial charge in [-0.25, -0.2) is 0 Å². The van der Waals surface area contributed by atoms with E-state index < -0.39 is 6.10 Å². The Morgan fingerprint density at radius 3 is 0.805 bits per heavy atom. The van der Waals surface area contributed by atoms with E-state index in [1.54, 1.807) is 0 Å². The highest BCUT2D eigenvalue weighted by Gasteiger charge is 2.19. The van der Waals surface area contributed by atoms with Gasteiger partial charge in [0.1, 0.15) is 13.2 Å². The number of carbonyl (C=O) groups excluding carboxylic acids is 3. The molecule has 0 aliphatic rings. The topological polar surface area (TPSA) is 78.9 Å². The second kappa shape index (κ2) is 69.8. The number of hydrogen-bond donors (Lipinski definition) is 0. The molecule has 0 amide bonds. The van der Waals surface area contributed by atoms with Crippen LogP contribution < -0.4 is 0 Å². The molecule has 0 aromatic heterocycles. The zero-order chi connectivity index (χ0) is 59.2. The van der Waals surface area contributed by atoms with Gasteiger partial charge in [-0.3, -0.25) is 14.4 Å². The van der Waals surface area contributed by atoms with Crippen LogP contribution in [-0.4, -0.2) is 37.2 Å². The highest BCUT2D eigenvalue weighted by molar-refractivity contribution is 5.71. The first-order valence-corrected chi connectivity index (χ1v) is 35.2. The summed E-state index contributed by atoms with van der Waals surface area (Å²) < 4.78 is 16.9. The molecule has 0 saturated carbocycles. The Morgan fingerprint density at radius 1 is 0.256 bits per heavy atom. The van der Waals surface area contributed by atoms with E-state index in [2.05, 4.69) is 118 Å². The van der Waals surface area contributed by atoms with E-state index in [9.17, 15) is 14.4 Å². The smallest absolute Gasteiger partial charge is 0.306 e. The molecule has 6 nitrogen and oxygen atoms in total. The molecule has 0 aliphatic heterocycles. The van der Waals surface area contributed by atoms with Crippen LogP contribution in [0, 0.1) is 0 Å². The van der Waals surface area contributed by atoms with Crippen molar-refractivity contribution in [1.29, 1.82) is 0 Å². The molecule has 1 unspecified atom stereocenters. The molecular formula is C76H132O6. The molecule has 0 aromatic rings. The average molecular weight is 1140 g/mol. The van der Waals surface area contributed by atoms with Crippen LogP contribution in [0.1, 0.15) is 348 Å². The van der Waals surface area contributed by atoms with Crippen LogP contribution in [0.4, 0.5) is 0 Å². The Kier molecular flexibility index (Phi) is 66.7. The highest BCUT2D eigenvalue weighted by Crippen LogP contribution is 2.17. The van der Waals surface area contributed by atoms with Crippen molar-refractivity contribution < 1.29 is 28.6 Å². The predicted molar refractivity (Wildman–Crippen MR) is 357 cm³/mol. The molecule has 0 bridgehead atoms. The van der Waals surface area contributed by atoms with Gasteiger partial charge in [0, 0.05) is 19.3 Å². The summed E-state index contributed by atoms with van der Waals surface area (Å²) in [6.07, 6.45) is 94.5. The summed E-state index contributed by atoms with van der Waals surface area (Å²) in [6.45, 7) is 6.48. The van der Waals surface area contributed by atoms with Crippen LogP contribution in [0.15, 0.2) is 97.2 Å². The number of allylic oxidation sites excluding steroid dienone is 16. The zero-order valence-corrected chi connectivity index (χ0v) is 54.2. The summed E-state index contributed by atoms with van der Waals surface area (Å²) in [4.78, 5) is 38.3. The van der Waals surface area contributed by atoms with Crippen molar-refractivity contribution in [3.8, 4) is 0 Å². The summed E-state index contributed by atoms with van der Waals surface area (Å²) in [5.41, 5.74) is 0. The van der Waals surface area contributed by atoms with E-state index in [0.717, 1.165) is 109 Å². The van der Waals surface area contributed by atoms with E-state index in [-0.39, 0.29) is 31.1 Å². The first kappa shape index (κ1) is 78.3. The van der Waals surface area contributed by atoms with Crippen molar-refractivity contribution in [1.82, 2.24) is 0 Å². The lowest BCUT2D eigenvalue weighted by Crippen LogP contribution is -2.30. The maximum Gasteiger partial charge on any atom is 0.306 e. The van der Waals surface area contributed by atoms with Gasteiger partial charge in [0.2, 0.25) is 0 Å². The van der Waals surface area contributed by atoms with E-state index in [1.165, 1.54) is 199 Å². The molecule has 0 spiro atoms. The number of hydrogen-bond acceptors (Lipinski definition) is 6. The quantitative estimate of drug-likeness (QED) is 0.0261. The van der Waals surface area contributed by atoms with Crippen LogP contribution >= 0.6 is 0 Å². The fourth-order valence-corrected chi connectivity index (χ4v) is 10.0. The normalized spacial score (nSPS) is 12.7. The van der Waals surface area contributed by atoms with Crippen LogP contribution in [0.25, 0.3) is 0 Å². The van der Waals surface area contributed by atoms with Crippen molar-refractivity contribution in [2.45, 2.75) is 354 Å². The molecule has 82 heavy (non-hydrogen) atoms. The SMILES string of the molecule is CC/C=C\C/C=C\C/C=C\C/C=C\CCCCCCCCCCCCC(=O)OC(COC(=O)CCCCCCC/C=C\CCC)COC(=O)CCCCCCCCCCCCCCCCCC/C=C\C/C=C\C/C=C\CCCCCCC. The molecule has 1 atom stereocenters. The van der Waals surface area contributed by atoms with Gasteiger partial charge in [0.15, 0.2) is 6.10 Å². The van der Waals surface area contributed by atoms with Crippen LogP contribution in [0.2, 0.25) is 0 Å². The summed E-state index contributed by atoms with van der Waals surface area (Å²) in [6, 6.07) is 0. The Bertz CT molecular complexity index is 1590. The van der Waals surface area contributed by atoms with Gasteiger partial charge in [0.05, 0.1) is 0 Å². The largest absolute Gasteiger partial charge is 0.462 e. The molecule has 0 heterocycles. The number of ether oxygens (including phenoxy) is 3. The second-order valence-electron chi connectivity index (χ2n) is 23.4. The van der Waals surface area contributed by atoms with Gasteiger partial charge in [-0.05, 0) is 116 Å².